The Morgan fingerprint density at radius 1 is 1.06 bits per heavy atom. The first kappa shape index (κ1) is 24.8. The number of hydrogen-bond acceptors (Lipinski definition) is 5. The van der Waals surface area contributed by atoms with Crippen LogP contribution in [-0.4, -0.2) is 75.8 Å². The molecule has 0 aliphatic carbocycles. The van der Waals surface area contributed by atoms with Crippen LogP contribution in [0.15, 0.2) is 60.7 Å². The van der Waals surface area contributed by atoms with Gasteiger partial charge in [-0.1, -0.05) is 42.5 Å². The van der Waals surface area contributed by atoms with Crippen LogP contribution in [0.25, 0.3) is 6.08 Å². The largest absolute Gasteiger partial charge is 0.494 e. The third-order valence-corrected chi connectivity index (χ3v) is 6.87. The monoisotopic (exact) mass is 471 g/mol. The predicted molar refractivity (Wildman–Crippen MR) is 133 cm³/mol. The first-order valence-corrected chi connectivity index (χ1v) is 13.1. The SMILES string of the molecule is CCOc1ccc(N([C@@H](C)C(=O)N2CCN(C/C=C/c3ccccc3)CC2)S(C)(=O)=O)cc1. The molecule has 7 nitrogen and oxygen atoms in total. The van der Waals surface area contributed by atoms with Crippen LogP contribution < -0.4 is 9.04 Å². The van der Waals surface area contributed by atoms with Crippen molar-refractivity contribution in [1.82, 2.24) is 9.80 Å². The molecule has 0 unspecified atom stereocenters. The number of carbonyl (C=O) groups is 1. The lowest BCUT2D eigenvalue weighted by molar-refractivity contribution is -0.133. The van der Waals surface area contributed by atoms with Gasteiger partial charge in [0.15, 0.2) is 0 Å². The smallest absolute Gasteiger partial charge is 0.246 e. The minimum Gasteiger partial charge on any atom is -0.494 e. The number of amides is 1. The zero-order chi connectivity index (χ0) is 23.8. The number of hydrogen-bond donors (Lipinski definition) is 0. The molecule has 1 fully saturated rings. The van der Waals surface area contributed by atoms with Gasteiger partial charge >= 0.3 is 0 Å². The van der Waals surface area contributed by atoms with Crippen LogP contribution in [0.3, 0.4) is 0 Å². The summed E-state index contributed by atoms with van der Waals surface area (Å²) < 4.78 is 31.8. The van der Waals surface area contributed by atoms with E-state index < -0.39 is 16.1 Å². The van der Waals surface area contributed by atoms with Crippen LogP contribution in [0.4, 0.5) is 5.69 Å². The van der Waals surface area contributed by atoms with Crippen molar-refractivity contribution in [2.45, 2.75) is 19.9 Å². The number of nitrogens with zero attached hydrogens (tertiary/aromatic N) is 3. The van der Waals surface area contributed by atoms with Crippen LogP contribution in [0.1, 0.15) is 19.4 Å². The molecule has 0 N–H and O–H groups in total. The van der Waals surface area contributed by atoms with E-state index in [-0.39, 0.29) is 5.91 Å². The minimum atomic E-state index is -3.65. The maximum Gasteiger partial charge on any atom is 0.246 e. The molecule has 1 heterocycles. The maximum atomic E-state index is 13.2. The number of piperazine rings is 1. The predicted octanol–water partition coefficient (Wildman–Crippen LogP) is 3.10. The van der Waals surface area contributed by atoms with Gasteiger partial charge < -0.3 is 9.64 Å². The summed E-state index contributed by atoms with van der Waals surface area (Å²) in [5.74, 6) is 0.472. The van der Waals surface area contributed by atoms with Crippen LogP contribution in [0, 0.1) is 0 Å². The fraction of sp³-hybridized carbons (Fsp3) is 0.400. The molecule has 0 spiro atoms. The Bertz CT molecular complexity index is 1030. The third-order valence-electron chi connectivity index (χ3n) is 5.63. The molecule has 0 bridgehead atoms. The number of ether oxygens (including phenoxy) is 1. The zero-order valence-electron chi connectivity index (χ0n) is 19.6. The summed E-state index contributed by atoms with van der Waals surface area (Å²) in [4.78, 5) is 17.2. The highest BCUT2D eigenvalue weighted by Gasteiger charge is 2.33. The van der Waals surface area contributed by atoms with Crippen LogP contribution in [0.2, 0.25) is 0 Å². The maximum absolute atomic E-state index is 13.2. The average molecular weight is 472 g/mol. The summed E-state index contributed by atoms with van der Waals surface area (Å²) in [5, 5.41) is 0. The fourth-order valence-electron chi connectivity index (χ4n) is 3.98. The van der Waals surface area contributed by atoms with E-state index in [0.29, 0.717) is 31.1 Å². The fourth-order valence-corrected chi connectivity index (χ4v) is 5.14. The normalized spacial score (nSPS) is 16.0. The second-order valence-electron chi connectivity index (χ2n) is 8.10. The third kappa shape index (κ3) is 6.82. The van der Waals surface area contributed by atoms with E-state index in [1.807, 2.05) is 25.1 Å². The van der Waals surface area contributed by atoms with Crippen LogP contribution in [-0.2, 0) is 14.8 Å². The average Bonchev–Trinajstić information content (AvgIpc) is 2.80. The van der Waals surface area contributed by atoms with Crippen molar-refractivity contribution in [3.05, 3.63) is 66.2 Å². The van der Waals surface area contributed by atoms with E-state index in [4.69, 9.17) is 4.74 Å². The topological polar surface area (TPSA) is 70.2 Å². The molecule has 2 aromatic carbocycles. The van der Waals surface area contributed by atoms with E-state index in [1.54, 1.807) is 36.1 Å². The van der Waals surface area contributed by atoms with E-state index in [0.717, 1.165) is 31.5 Å². The van der Waals surface area contributed by atoms with Gasteiger partial charge in [0.1, 0.15) is 11.8 Å². The molecule has 1 amide bonds. The summed E-state index contributed by atoms with van der Waals surface area (Å²) in [5.41, 5.74) is 1.61. The van der Waals surface area contributed by atoms with Crippen molar-refractivity contribution in [2.24, 2.45) is 0 Å². The zero-order valence-corrected chi connectivity index (χ0v) is 20.4. The molecule has 8 heteroatoms. The van der Waals surface area contributed by atoms with Gasteiger partial charge in [-0.25, -0.2) is 8.42 Å². The number of sulfonamides is 1. The van der Waals surface area contributed by atoms with Crippen LogP contribution in [0.5, 0.6) is 5.75 Å². The second-order valence-corrected chi connectivity index (χ2v) is 9.96. The van der Waals surface area contributed by atoms with Gasteiger partial charge in [0.05, 0.1) is 18.6 Å². The molecule has 0 aromatic heterocycles. The molecule has 1 atom stereocenters. The molecule has 1 aliphatic rings. The summed E-state index contributed by atoms with van der Waals surface area (Å²) in [7, 11) is -3.65. The summed E-state index contributed by atoms with van der Waals surface area (Å²) in [6.07, 6.45) is 5.36. The molecule has 1 saturated heterocycles. The summed E-state index contributed by atoms with van der Waals surface area (Å²) in [6, 6.07) is 16.1. The molecule has 33 heavy (non-hydrogen) atoms. The van der Waals surface area contributed by atoms with Gasteiger partial charge in [-0.05, 0) is 43.7 Å². The standard InChI is InChI=1S/C25H33N3O4S/c1-4-32-24-14-12-23(13-15-24)28(33(3,30)31)21(2)25(29)27-19-17-26(18-20-27)16-8-11-22-9-6-5-7-10-22/h5-15,21H,4,16-20H2,1-3H3/b11-8+/t21-/m0/s1. The van der Waals surface area contributed by atoms with E-state index in [2.05, 4.69) is 29.2 Å². The van der Waals surface area contributed by atoms with E-state index >= 15 is 0 Å². The first-order valence-electron chi connectivity index (χ1n) is 11.2. The lowest BCUT2D eigenvalue weighted by Crippen LogP contribution is -2.55. The van der Waals surface area contributed by atoms with Gasteiger partial charge in [-0.15, -0.1) is 0 Å². The lowest BCUT2D eigenvalue weighted by Gasteiger charge is -2.37. The molecule has 0 radical (unpaired) electrons. The Hall–Kier alpha value is -2.84. The number of rotatable bonds is 9. The Labute approximate surface area is 197 Å². The highest BCUT2D eigenvalue weighted by Crippen LogP contribution is 2.25. The Morgan fingerprint density at radius 3 is 2.27 bits per heavy atom. The van der Waals surface area contributed by atoms with Crippen molar-refractivity contribution in [3.8, 4) is 5.75 Å². The Balaban J connectivity index is 1.60. The van der Waals surface area contributed by atoms with E-state index in [9.17, 15) is 13.2 Å². The molecule has 2 aromatic rings. The van der Waals surface area contributed by atoms with Crippen molar-refractivity contribution < 1.29 is 17.9 Å². The van der Waals surface area contributed by atoms with Crippen molar-refractivity contribution in [2.75, 3.05) is 49.9 Å². The number of benzene rings is 2. The lowest BCUT2D eigenvalue weighted by atomic mass is 10.2. The summed E-state index contributed by atoms with van der Waals surface area (Å²) >= 11 is 0. The van der Waals surface area contributed by atoms with Crippen LogP contribution >= 0.6 is 0 Å². The quantitative estimate of drug-likeness (QED) is 0.562. The molecule has 3 rings (SSSR count). The van der Waals surface area contributed by atoms with Gasteiger partial charge in [0.25, 0.3) is 0 Å². The summed E-state index contributed by atoms with van der Waals surface area (Å²) in [6.45, 7) is 7.52. The molecule has 178 valence electrons. The van der Waals surface area contributed by atoms with Gasteiger partial charge in [0.2, 0.25) is 15.9 Å². The van der Waals surface area contributed by atoms with Gasteiger partial charge in [-0.2, -0.15) is 0 Å². The number of anilines is 1. The highest BCUT2D eigenvalue weighted by atomic mass is 32.2. The van der Waals surface area contributed by atoms with Gasteiger partial charge in [-0.3, -0.25) is 14.0 Å². The second kappa shape index (κ2) is 11.3. The first-order chi connectivity index (χ1) is 15.8. The molecule has 1 aliphatic heterocycles. The number of carbonyl (C=O) groups excluding carboxylic acids is 1. The molecular formula is C25H33N3O4S. The van der Waals surface area contributed by atoms with Crippen molar-refractivity contribution in [1.29, 1.82) is 0 Å². The minimum absolute atomic E-state index is 0.186. The van der Waals surface area contributed by atoms with Crippen molar-refractivity contribution in [3.63, 3.8) is 0 Å². The Morgan fingerprint density at radius 2 is 1.70 bits per heavy atom. The highest BCUT2D eigenvalue weighted by molar-refractivity contribution is 7.92. The Kier molecular flexibility index (Phi) is 8.52. The van der Waals surface area contributed by atoms with Gasteiger partial charge in [0, 0.05) is 32.7 Å². The van der Waals surface area contributed by atoms with E-state index in [1.165, 1.54) is 4.31 Å². The molecule has 0 saturated carbocycles. The molecular weight excluding hydrogens is 438 g/mol. The van der Waals surface area contributed by atoms with Crippen molar-refractivity contribution >= 4 is 27.7 Å².